The van der Waals surface area contributed by atoms with Crippen LogP contribution in [0.1, 0.15) is 45.7 Å². The standard InChI is InChI=1S/C17H30N2/c1-6-19(15(4)5)13-17-10-8-7-9-16(17)12-18-11-14(2)3/h7-10,14-15,18H,6,11-13H2,1-5H3. The van der Waals surface area contributed by atoms with E-state index in [0.29, 0.717) is 12.0 Å². The van der Waals surface area contributed by atoms with Crippen LogP contribution < -0.4 is 5.32 Å². The highest BCUT2D eigenvalue weighted by molar-refractivity contribution is 5.27. The number of hydrogen-bond acceptors (Lipinski definition) is 2. The molecule has 0 aliphatic carbocycles. The lowest BCUT2D eigenvalue weighted by molar-refractivity contribution is 0.224. The molecule has 0 fully saturated rings. The summed E-state index contributed by atoms with van der Waals surface area (Å²) in [4.78, 5) is 2.50. The topological polar surface area (TPSA) is 15.3 Å². The fourth-order valence-electron chi connectivity index (χ4n) is 2.26. The van der Waals surface area contributed by atoms with Gasteiger partial charge in [0.05, 0.1) is 0 Å². The Labute approximate surface area is 119 Å². The molecule has 0 amide bonds. The van der Waals surface area contributed by atoms with Crippen LogP contribution >= 0.6 is 0 Å². The third kappa shape index (κ3) is 5.75. The van der Waals surface area contributed by atoms with Crippen molar-refractivity contribution in [3.8, 4) is 0 Å². The summed E-state index contributed by atoms with van der Waals surface area (Å²) >= 11 is 0. The van der Waals surface area contributed by atoms with Gasteiger partial charge in [0.2, 0.25) is 0 Å². The molecule has 108 valence electrons. The Morgan fingerprint density at radius 2 is 1.68 bits per heavy atom. The lowest BCUT2D eigenvalue weighted by atomic mass is 10.1. The minimum Gasteiger partial charge on any atom is -0.312 e. The molecule has 0 heterocycles. The number of benzene rings is 1. The molecule has 2 heteroatoms. The van der Waals surface area contributed by atoms with Crippen molar-refractivity contribution in [3.63, 3.8) is 0 Å². The van der Waals surface area contributed by atoms with Crippen LogP contribution in [0.15, 0.2) is 24.3 Å². The zero-order valence-electron chi connectivity index (χ0n) is 13.2. The van der Waals surface area contributed by atoms with E-state index in [1.165, 1.54) is 11.1 Å². The highest BCUT2D eigenvalue weighted by atomic mass is 15.1. The summed E-state index contributed by atoms with van der Waals surface area (Å²) in [7, 11) is 0. The van der Waals surface area contributed by atoms with E-state index < -0.39 is 0 Å². The average molecular weight is 262 g/mol. The molecular weight excluding hydrogens is 232 g/mol. The van der Waals surface area contributed by atoms with E-state index in [0.717, 1.165) is 26.2 Å². The molecule has 1 N–H and O–H groups in total. The molecule has 0 bridgehead atoms. The Morgan fingerprint density at radius 1 is 1.05 bits per heavy atom. The highest BCUT2D eigenvalue weighted by Crippen LogP contribution is 2.13. The van der Waals surface area contributed by atoms with E-state index in [-0.39, 0.29) is 0 Å². The number of hydrogen-bond donors (Lipinski definition) is 1. The Kier molecular flexibility index (Phi) is 7.11. The minimum absolute atomic E-state index is 0.599. The van der Waals surface area contributed by atoms with Crippen molar-refractivity contribution in [2.45, 2.75) is 53.8 Å². The van der Waals surface area contributed by atoms with Crippen molar-refractivity contribution in [2.75, 3.05) is 13.1 Å². The molecule has 0 saturated heterocycles. The van der Waals surface area contributed by atoms with Crippen molar-refractivity contribution < 1.29 is 0 Å². The third-order valence-electron chi connectivity index (χ3n) is 3.50. The van der Waals surface area contributed by atoms with Gasteiger partial charge in [-0.2, -0.15) is 0 Å². The van der Waals surface area contributed by atoms with Crippen LogP contribution in [-0.2, 0) is 13.1 Å². The molecular formula is C17H30N2. The molecule has 1 aromatic carbocycles. The van der Waals surface area contributed by atoms with Crippen molar-refractivity contribution in [1.82, 2.24) is 10.2 Å². The van der Waals surface area contributed by atoms with E-state index in [1.54, 1.807) is 0 Å². The fourth-order valence-corrected chi connectivity index (χ4v) is 2.26. The first-order valence-electron chi connectivity index (χ1n) is 7.56. The Balaban J connectivity index is 2.66. The highest BCUT2D eigenvalue weighted by Gasteiger charge is 2.10. The Bertz CT molecular complexity index is 358. The fraction of sp³-hybridized carbons (Fsp3) is 0.647. The lowest BCUT2D eigenvalue weighted by Crippen LogP contribution is -2.30. The molecule has 19 heavy (non-hydrogen) atoms. The van der Waals surface area contributed by atoms with Gasteiger partial charge >= 0.3 is 0 Å². The van der Waals surface area contributed by atoms with E-state index in [4.69, 9.17) is 0 Å². The van der Waals surface area contributed by atoms with Crippen molar-refractivity contribution in [2.24, 2.45) is 5.92 Å². The zero-order chi connectivity index (χ0) is 14.3. The molecule has 1 aromatic rings. The van der Waals surface area contributed by atoms with Gasteiger partial charge in [0.1, 0.15) is 0 Å². The summed E-state index contributed by atoms with van der Waals surface area (Å²) in [6.45, 7) is 15.5. The van der Waals surface area contributed by atoms with Crippen LogP contribution in [0.5, 0.6) is 0 Å². The van der Waals surface area contributed by atoms with E-state index >= 15 is 0 Å². The minimum atomic E-state index is 0.599. The molecule has 0 aliphatic heterocycles. The van der Waals surface area contributed by atoms with Gasteiger partial charge in [-0.05, 0) is 44.0 Å². The molecule has 0 saturated carbocycles. The van der Waals surface area contributed by atoms with Gasteiger partial charge in [-0.1, -0.05) is 45.0 Å². The van der Waals surface area contributed by atoms with Gasteiger partial charge < -0.3 is 5.32 Å². The second kappa shape index (κ2) is 8.34. The Morgan fingerprint density at radius 3 is 2.21 bits per heavy atom. The Hall–Kier alpha value is -0.860. The summed E-state index contributed by atoms with van der Waals surface area (Å²) < 4.78 is 0. The third-order valence-corrected chi connectivity index (χ3v) is 3.50. The van der Waals surface area contributed by atoms with Crippen LogP contribution in [0, 0.1) is 5.92 Å². The molecule has 0 aromatic heterocycles. The van der Waals surface area contributed by atoms with Crippen LogP contribution in [-0.4, -0.2) is 24.0 Å². The normalized spacial score (nSPS) is 11.8. The van der Waals surface area contributed by atoms with E-state index in [1.807, 2.05) is 0 Å². The van der Waals surface area contributed by atoms with Crippen molar-refractivity contribution in [1.29, 1.82) is 0 Å². The lowest BCUT2D eigenvalue weighted by Gasteiger charge is -2.26. The largest absolute Gasteiger partial charge is 0.312 e. The molecule has 0 atom stereocenters. The SMILES string of the molecule is CCN(Cc1ccccc1CNCC(C)C)C(C)C. The van der Waals surface area contributed by atoms with Gasteiger partial charge in [0, 0.05) is 19.1 Å². The van der Waals surface area contributed by atoms with Crippen molar-refractivity contribution >= 4 is 0 Å². The van der Waals surface area contributed by atoms with Gasteiger partial charge in [-0.25, -0.2) is 0 Å². The van der Waals surface area contributed by atoms with Crippen molar-refractivity contribution in [3.05, 3.63) is 35.4 Å². The summed E-state index contributed by atoms with van der Waals surface area (Å²) in [5.74, 6) is 0.704. The monoisotopic (exact) mass is 262 g/mol. The summed E-state index contributed by atoms with van der Waals surface area (Å²) in [5.41, 5.74) is 2.89. The zero-order valence-corrected chi connectivity index (χ0v) is 13.2. The van der Waals surface area contributed by atoms with E-state index in [9.17, 15) is 0 Å². The predicted molar refractivity (Wildman–Crippen MR) is 84.2 cm³/mol. The first-order chi connectivity index (χ1) is 9.04. The molecule has 0 radical (unpaired) electrons. The second-order valence-electron chi connectivity index (χ2n) is 5.95. The van der Waals surface area contributed by atoms with Crippen LogP contribution in [0.25, 0.3) is 0 Å². The average Bonchev–Trinajstić information content (AvgIpc) is 2.36. The molecule has 2 nitrogen and oxygen atoms in total. The van der Waals surface area contributed by atoms with E-state index in [2.05, 4.69) is 69.1 Å². The maximum atomic E-state index is 3.54. The van der Waals surface area contributed by atoms with Gasteiger partial charge in [0.25, 0.3) is 0 Å². The first kappa shape index (κ1) is 16.2. The maximum Gasteiger partial charge on any atom is 0.0239 e. The predicted octanol–water partition coefficient (Wildman–Crippen LogP) is 3.66. The molecule has 1 rings (SSSR count). The van der Waals surface area contributed by atoms with Gasteiger partial charge in [-0.3, -0.25) is 4.90 Å². The quantitative estimate of drug-likeness (QED) is 0.769. The number of nitrogens with one attached hydrogen (secondary N) is 1. The molecule has 0 unspecified atom stereocenters. The molecule has 0 aliphatic rings. The number of rotatable bonds is 8. The van der Waals surface area contributed by atoms with Gasteiger partial charge in [-0.15, -0.1) is 0 Å². The summed E-state index contributed by atoms with van der Waals surface area (Å²) in [6.07, 6.45) is 0. The first-order valence-corrected chi connectivity index (χ1v) is 7.56. The maximum absolute atomic E-state index is 3.54. The molecule has 0 spiro atoms. The van der Waals surface area contributed by atoms with Crippen LogP contribution in [0.4, 0.5) is 0 Å². The van der Waals surface area contributed by atoms with Gasteiger partial charge in [0.15, 0.2) is 0 Å². The second-order valence-corrected chi connectivity index (χ2v) is 5.95. The summed E-state index contributed by atoms with van der Waals surface area (Å²) in [6, 6.07) is 9.40. The summed E-state index contributed by atoms with van der Waals surface area (Å²) in [5, 5.41) is 3.54. The van der Waals surface area contributed by atoms with Crippen LogP contribution in [0.3, 0.4) is 0 Å². The number of nitrogens with zero attached hydrogens (tertiary/aromatic N) is 1. The smallest absolute Gasteiger partial charge is 0.0239 e. The van der Waals surface area contributed by atoms with Crippen LogP contribution in [0.2, 0.25) is 0 Å².